The molecule has 0 saturated heterocycles. The topological polar surface area (TPSA) is 108 Å². The number of nitrogen functional groups attached to an aromatic ring is 1. The number of imidazole rings is 1. The van der Waals surface area contributed by atoms with Crippen LogP contribution >= 0.6 is 0 Å². The first-order chi connectivity index (χ1) is 11.7. The number of carbonyl (C=O) groups excluding carboxylic acids is 1. The molecule has 0 aliphatic heterocycles. The number of hydrogen-bond acceptors (Lipinski definition) is 7. The van der Waals surface area contributed by atoms with Gasteiger partial charge in [0, 0.05) is 12.4 Å². The number of anilines is 3. The van der Waals surface area contributed by atoms with E-state index in [1.807, 2.05) is 0 Å². The minimum absolute atomic E-state index is 0.299. The number of ether oxygens (including phenoxy) is 1. The Morgan fingerprint density at radius 1 is 1.33 bits per heavy atom. The zero-order valence-corrected chi connectivity index (χ0v) is 13.0. The second-order valence-electron chi connectivity index (χ2n) is 4.82. The predicted molar refractivity (Wildman–Crippen MR) is 89.2 cm³/mol. The molecule has 1 aromatic carbocycles. The Bertz CT molecular complexity index is 848. The summed E-state index contributed by atoms with van der Waals surface area (Å²) in [6, 6.07) is 7.00. The summed E-state index contributed by atoms with van der Waals surface area (Å²) < 4.78 is 6.74. The molecule has 3 rings (SSSR count). The Balaban J connectivity index is 1.96. The second kappa shape index (κ2) is 6.78. The summed E-state index contributed by atoms with van der Waals surface area (Å²) in [6.07, 6.45) is 6.34. The Hall–Kier alpha value is -3.42. The van der Waals surface area contributed by atoms with Crippen LogP contribution in [-0.2, 0) is 4.74 Å². The highest BCUT2D eigenvalue weighted by atomic mass is 16.5. The molecule has 122 valence electrons. The first kappa shape index (κ1) is 15.5. The first-order valence-corrected chi connectivity index (χ1v) is 7.32. The van der Waals surface area contributed by atoms with Crippen LogP contribution in [0.5, 0.6) is 0 Å². The standard InChI is InChI=1S/C16H16N6O2/c1-2-24-16(23)11-5-3-4-6-12(11)21-14-13(17)15(20-9-19-14)22-8-7-18-10-22/h3-10H,2,17H2,1H3,(H,19,20,21). The molecule has 2 aromatic heterocycles. The van der Waals surface area contributed by atoms with Crippen molar-refractivity contribution in [2.75, 3.05) is 17.7 Å². The van der Waals surface area contributed by atoms with Crippen molar-refractivity contribution in [1.82, 2.24) is 19.5 Å². The van der Waals surface area contributed by atoms with Gasteiger partial charge in [-0.15, -0.1) is 0 Å². The maximum absolute atomic E-state index is 12.1. The van der Waals surface area contributed by atoms with Crippen molar-refractivity contribution in [1.29, 1.82) is 0 Å². The van der Waals surface area contributed by atoms with Crippen molar-refractivity contribution < 1.29 is 9.53 Å². The van der Waals surface area contributed by atoms with Crippen LogP contribution in [0.1, 0.15) is 17.3 Å². The van der Waals surface area contributed by atoms with Gasteiger partial charge in [0.1, 0.15) is 18.3 Å². The maximum atomic E-state index is 12.1. The van der Waals surface area contributed by atoms with Gasteiger partial charge in [-0.25, -0.2) is 19.7 Å². The minimum atomic E-state index is -0.414. The van der Waals surface area contributed by atoms with Crippen molar-refractivity contribution in [3.8, 4) is 5.82 Å². The SMILES string of the molecule is CCOC(=O)c1ccccc1Nc1ncnc(-n2ccnc2)c1N. The van der Waals surface area contributed by atoms with E-state index in [-0.39, 0.29) is 0 Å². The van der Waals surface area contributed by atoms with Gasteiger partial charge in [0.25, 0.3) is 0 Å². The number of hydrogen-bond donors (Lipinski definition) is 2. The minimum Gasteiger partial charge on any atom is -0.462 e. The quantitative estimate of drug-likeness (QED) is 0.692. The number of rotatable bonds is 5. The zero-order valence-electron chi connectivity index (χ0n) is 13.0. The van der Waals surface area contributed by atoms with Crippen LogP contribution in [0.15, 0.2) is 49.3 Å². The van der Waals surface area contributed by atoms with Gasteiger partial charge in [-0.3, -0.25) is 4.57 Å². The fourth-order valence-electron chi connectivity index (χ4n) is 2.18. The predicted octanol–water partition coefficient (Wildman–Crippen LogP) is 2.16. The fraction of sp³-hybridized carbons (Fsp3) is 0.125. The van der Waals surface area contributed by atoms with Crippen molar-refractivity contribution in [2.45, 2.75) is 6.92 Å². The molecule has 0 amide bonds. The Kier molecular flexibility index (Phi) is 4.37. The van der Waals surface area contributed by atoms with Crippen LogP contribution in [0.3, 0.4) is 0 Å². The third-order valence-corrected chi connectivity index (χ3v) is 3.29. The summed E-state index contributed by atoms with van der Waals surface area (Å²) in [6.45, 7) is 2.06. The number of para-hydroxylation sites is 1. The molecule has 8 heteroatoms. The van der Waals surface area contributed by atoms with Gasteiger partial charge in [0.15, 0.2) is 11.6 Å². The lowest BCUT2D eigenvalue weighted by molar-refractivity contribution is 0.0527. The summed E-state index contributed by atoms with van der Waals surface area (Å²) in [5.74, 6) is 0.479. The smallest absolute Gasteiger partial charge is 0.340 e. The molecular formula is C16H16N6O2. The third-order valence-electron chi connectivity index (χ3n) is 3.29. The van der Waals surface area contributed by atoms with Gasteiger partial charge in [0.2, 0.25) is 0 Å². The van der Waals surface area contributed by atoms with Crippen LogP contribution in [0.25, 0.3) is 5.82 Å². The highest BCUT2D eigenvalue weighted by Crippen LogP contribution is 2.27. The molecule has 0 radical (unpaired) electrons. The van der Waals surface area contributed by atoms with E-state index < -0.39 is 5.97 Å². The molecule has 0 spiro atoms. The lowest BCUT2D eigenvalue weighted by Gasteiger charge is -2.13. The molecule has 0 atom stereocenters. The molecule has 8 nitrogen and oxygen atoms in total. The molecule has 3 aromatic rings. The average molecular weight is 324 g/mol. The summed E-state index contributed by atoms with van der Waals surface area (Å²) in [4.78, 5) is 24.4. The van der Waals surface area contributed by atoms with Crippen LogP contribution in [-0.4, -0.2) is 32.1 Å². The van der Waals surface area contributed by atoms with E-state index in [1.54, 1.807) is 54.5 Å². The molecule has 0 fully saturated rings. The second-order valence-corrected chi connectivity index (χ2v) is 4.82. The van der Waals surface area contributed by atoms with Crippen LogP contribution in [0.4, 0.5) is 17.2 Å². The zero-order chi connectivity index (χ0) is 16.9. The lowest BCUT2D eigenvalue weighted by Crippen LogP contribution is -2.10. The van der Waals surface area contributed by atoms with Crippen LogP contribution < -0.4 is 11.1 Å². The highest BCUT2D eigenvalue weighted by Gasteiger charge is 2.15. The monoisotopic (exact) mass is 324 g/mol. The molecule has 0 saturated carbocycles. The van der Waals surface area contributed by atoms with Crippen molar-refractivity contribution in [3.05, 3.63) is 54.9 Å². The van der Waals surface area contributed by atoms with Crippen LogP contribution in [0.2, 0.25) is 0 Å². The highest BCUT2D eigenvalue weighted by molar-refractivity contribution is 5.96. The normalized spacial score (nSPS) is 10.4. The van der Waals surface area contributed by atoms with Crippen molar-refractivity contribution >= 4 is 23.2 Å². The van der Waals surface area contributed by atoms with Gasteiger partial charge in [0.05, 0.1) is 17.9 Å². The van der Waals surface area contributed by atoms with E-state index >= 15 is 0 Å². The van der Waals surface area contributed by atoms with E-state index in [2.05, 4.69) is 20.3 Å². The maximum Gasteiger partial charge on any atom is 0.340 e. The number of aromatic nitrogens is 4. The van der Waals surface area contributed by atoms with Crippen LogP contribution in [0, 0.1) is 0 Å². The molecule has 0 unspecified atom stereocenters. The number of nitrogens with one attached hydrogen (secondary N) is 1. The average Bonchev–Trinajstić information content (AvgIpc) is 3.12. The number of benzene rings is 1. The van der Waals surface area contributed by atoms with Crippen molar-refractivity contribution in [2.24, 2.45) is 0 Å². The van der Waals surface area contributed by atoms with E-state index in [1.165, 1.54) is 6.33 Å². The van der Waals surface area contributed by atoms with Gasteiger partial charge in [-0.05, 0) is 19.1 Å². The first-order valence-electron chi connectivity index (χ1n) is 7.32. The molecular weight excluding hydrogens is 308 g/mol. The summed E-state index contributed by atoms with van der Waals surface area (Å²) in [7, 11) is 0. The number of carbonyl (C=O) groups is 1. The van der Waals surface area contributed by atoms with E-state index in [9.17, 15) is 4.79 Å². The van der Waals surface area contributed by atoms with Crippen molar-refractivity contribution in [3.63, 3.8) is 0 Å². The van der Waals surface area contributed by atoms with E-state index in [0.717, 1.165) is 0 Å². The molecule has 0 aliphatic rings. The molecule has 3 N–H and O–H groups in total. The van der Waals surface area contributed by atoms with Gasteiger partial charge >= 0.3 is 5.97 Å². The van der Waals surface area contributed by atoms with Gasteiger partial charge in [-0.1, -0.05) is 12.1 Å². The molecule has 2 heterocycles. The van der Waals surface area contributed by atoms with Gasteiger partial charge < -0.3 is 15.8 Å². The van der Waals surface area contributed by atoms with Gasteiger partial charge in [-0.2, -0.15) is 0 Å². The summed E-state index contributed by atoms with van der Waals surface area (Å²) >= 11 is 0. The van der Waals surface area contributed by atoms with E-state index in [0.29, 0.717) is 35.2 Å². The van der Waals surface area contributed by atoms with E-state index in [4.69, 9.17) is 10.5 Å². The Labute approximate surface area is 138 Å². The molecule has 0 aliphatic carbocycles. The largest absolute Gasteiger partial charge is 0.462 e. The lowest BCUT2D eigenvalue weighted by atomic mass is 10.2. The Morgan fingerprint density at radius 3 is 2.92 bits per heavy atom. The number of nitrogens with zero attached hydrogens (tertiary/aromatic N) is 4. The molecule has 0 bridgehead atoms. The number of nitrogens with two attached hydrogens (primary N) is 1. The Morgan fingerprint density at radius 2 is 2.17 bits per heavy atom. The number of esters is 1. The fourth-order valence-corrected chi connectivity index (χ4v) is 2.18. The third kappa shape index (κ3) is 3.02. The summed E-state index contributed by atoms with van der Waals surface area (Å²) in [5.41, 5.74) is 7.45. The summed E-state index contributed by atoms with van der Waals surface area (Å²) in [5, 5.41) is 3.07. The molecule has 24 heavy (non-hydrogen) atoms.